The molecule has 0 aromatic rings. The van der Waals surface area contributed by atoms with E-state index in [-0.39, 0.29) is 24.5 Å². The lowest BCUT2D eigenvalue weighted by molar-refractivity contribution is -0.157. The summed E-state index contributed by atoms with van der Waals surface area (Å²) in [5.74, 6) is -0.848. The average Bonchev–Trinajstić information content (AvgIpc) is 2.82. The molecule has 0 spiro atoms. The second-order valence-corrected chi connectivity index (χ2v) is 6.01. The molecular weight excluding hydrogens is 246 g/mol. The largest absolute Gasteiger partial charge is 0.481 e. The fourth-order valence-corrected chi connectivity index (χ4v) is 3.16. The zero-order chi connectivity index (χ0) is 14.0. The first-order valence-corrected chi connectivity index (χ1v) is 7.09. The Labute approximate surface area is 113 Å². The van der Waals surface area contributed by atoms with Gasteiger partial charge in [0.25, 0.3) is 0 Å². The molecule has 1 N–H and O–H groups in total. The zero-order valence-electron chi connectivity index (χ0n) is 11.7. The van der Waals surface area contributed by atoms with Crippen molar-refractivity contribution in [3.63, 3.8) is 0 Å². The quantitative estimate of drug-likeness (QED) is 0.846. The van der Waals surface area contributed by atoms with Crippen LogP contribution in [0, 0.1) is 5.41 Å². The van der Waals surface area contributed by atoms with Crippen LogP contribution in [0.5, 0.6) is 0 Å². The molecule has 2 rings (SSSR count). The van der Waals surface area contributed by atoms with Crippen molar-refractivity contribution in [2.45, 2.75) is 58.1 Å². The molecule has 0 radical (unpaired) electrons. The zero-order valence-corrected chi connectivity index (χ0v) is 11.7. The van der Waals surface area contributed by atoms with E-state index in [1.807, 2.05) is 13.8 Å². The van der Waals surface area contributed by atoms with Crippen LogP contribution in [-0.2, 0) is 14.3 Å². The highest BCUT2D eigenvalue weighted by molar-refractivity contribution is 5.85. The number of nitrogens with zero attached hydrogens (tertiary/aromatic N) is 1. The second kappa shape index (κ2) is 5.49. The summed E-state index contributed by atoms with van der Waals surface area (Å²) >= 11 is 0. The Morgan fingerprint density at radius 3 is 2.53 bits per heavy atom. The van der Waals surface area contributed by atoms with Crippen LogP contribution in [0.3, 0.4) is 0 Å². The van der Waals surface area contributed by atoms with E-state index in [2.05, 4.69) is 0 Å². The number of morpholine rings is 1. The topological polar surface area (TPSA) is 66.8 Å². The minimum Gasteiger partial charge on any atom is -0.481 e. The Kier molecular flexibility index (Phi) is 4.13. The predicted molar refractivity (Wildman–Crippen MR) is 69.7 cm³/mol. The van der Waals surface area contributed by atoms with Gasteiger partial charge < -0.3 is 14.7 Å². The molecule has 0 bridgehead atoms. The van der Waals surface area contributed by atoms with Crippen LogP contribution in [0.4, 0.5) is 0 Å². The highest BCUT2D eigenvalue weighted by Crippen LogP contribution is 2.42. The van der Waals surface area contributed by atoms with Gasteiger partial charge in [0.05, 0.1) is 24.2 Å². The van der Waals surface area contributed by atoms with Crippen molar-refractivity contribution >= 4 is 11.9 Å². The van der Waals surface area contributed by atoms with Crippen molar-refractivity contribution < 1.29 is 19.4 Å². The van der Waals surface area contributed by atoms with Crippen molar-refractivity contribution in [2.24, 2.45) is 5.41 Å². The average molecular weight is 269 g/mol. The maximum absolute atomic E-state index is 12.4. The third kappa shape index (κ3) is 2.91. The van der Waals surface area contributed by atoms with Crippen molar-refractivity contribution in [2.75, 3.05) is 13.2 Å². The second-order valence-electron chi connectivity index (χ2n) is 6.01. The normalized spacial score (nSPS) is 30.3. The Hall–Kier alpha value is -1.10. The van der Waals surface area contributed by atoms with Gasteiger partial charge in [-0.15, -0.1) is 0 Å². The van der Waals surface area contributed by atoms with Crippen LogP contribution in [0.1, 0.15) is 46.0 Å². The molecule has 108 valence electrons. The number of carboxylic acid groups (broad SMARTS) is 1. The van der Waals surface area contributed by atoms with Crippen LogP contribution in [-0.4, -0.2) is 47.2 Å². The Morgan fingerprint density at radius 1 is 1.32 bits per heavy atom. The van der Waals surface area contributed by atoms with Crippen molar-refractivity contribution in [1.29, 1.82) is 0 Å². The van der Waals surface area contributed by atoms with E-state index in [1.54, 1.807) is 4.90 Å². The Bertz CT molecular complexity index is 362. The van der Waals surface area contributed by atoms with E-state index in [0.29, 0.717) is 26.0 Å². The molecule has 2 atom stereocenters. The van der Waals surface area contributed by atoms with Crippen LogP contribution >= 0.6 is 0 Å². The van der Waals surface area contributed by atoms with Crippen LogP contribution in [0.2, 0.25) is 0 Å². The highest BCUT2D eigenvalue weighted by Gasteiger charge is 2.44. The number of carboxylic acids is 1. The lowest BCUT2D eigenvalue weighted by Gasteiger charge is -2.38. The van der Waals surface area contributed by atoms with Crippen LogP contribution in [0.15, 0.2) is 0 Å². The third-order valence-electron chi connectivity index (χ3n) is 4.43. The summed E-state index contributed by atoms with van der Waals surface area (Å²) in [5, 5.41) is 9.43. The number of aliphatic carboxylic acids is 1. The molecular formula is C14H23NO4. The Balaban J connectivity index is 2.05. The molecule has 1 amide bonds. The fraction of sp³-hybridized carbons (Fsp3) is 0.857. The SMILES string of the molecule is CC1CN(C(=O)CC2(C(=O)O)CCCC2)C(C)CO1. The number of amides is 1. The number of hydrogen-bond donors (Lipinski definition) is 1. The van der Waals surface area contributed by atoms with Gasteiger partial charge in [-0.05, 0) is 26.7 Å². The molecule has 1 heterocycles. The van der Waals surface area contributed by atoms with Gasteiger partial charge >= 0.3 is 5.97 Å². The minimum absolute atomic E-state index is 0.0320. The summed E-state index contributed by atoms with van der Waals surface area (Å²) in [4.78, 5) is 25.7. The summed E-state index contributed by atoms with van der Waals surface area (Å²) in [6.07, 6.45) is 3.25. The monoisotopic (exact) mass is 269 g/mol. The summed E-state index contributed by atoms with van der Waals surface area (Å²) in [7, 11) is 0. The fourth-order valence-electron chi connectivity index (χ4n) is 3.16. The lowest BCUT2D eigenvalue weighted by Crippen LogP contribution is -2.51. The van der Waals surface area contributed by atoms with Gasteiger partial charge in [-0.25, -0.2) is 0 Å². The number of carbonyl (C=O) groups excluding carboxylic acids is 1. The first-order valence-electron chi connectivity index (χ1n) is 7.09. The lowest BCUT2D eigenvalue weighted by atomic mass is 9.82. The summed E-state index contributed by atoms with van der Waals surface area (Å²) in [6.45, 7) is 4.99. The summed E-state index contributed by atoms with van der Waals surface area (Å²) < 4.78 is 5.50. The standard InChI is InChI=1S/C14H23NO4/c1-10-9-19-11(2)8-15(10)12(16)7-14(13(17)18)5-3-4-6-14/h10-11H,3-9H2,1-2H3,(H,17,18). The molecule has 0 aromatic heterocycles. The maximum atomic E-state index is 12.4. The van der Waals surface area contributed by atoms with Gasteiger partial charge in [0.1, 0.15) is 0 Å². The third-order valence-corrected chi connectivity index (χ3v) is 4.43. The van der Waals surface area contributed by atoms with Gasteiger partial charge in [0.2, 0.25) is 5.91 Å². The van der Waals surface area contributed by atoms with E-state index < -0.39 is 11.4 Å². The molecule has 1 saturated heterocycles. The molecule has 5 nitrogen and oxygen atoms in total. The van der Waals surface area contributed by atoms with E-state index >= 15 is 0 Å². The van der Waals surface area contributed by atoms with Gasteiger partial charge in [0, 0.05) is 13.0 Å². The molecule has 1 saturated carbocycles. The molecule has 1 aliphatic heterocycles. The van der Waals surface area contributed by atoms with Crippen molar-refractivity contribution in [3.8, 4) is 0 Å². The summed E-state index contributed by atoms with van der Waals surface area (Å²) in [5.41, 5.74) is -0.821. The van der Waals surface area contributed by atoms with Gasteiger partial charge in [-0.3, -0.25) is 9.59 Å². The van der Waals surface area contributed by atoms with E-state index in [1.165, 1.54) is 0 Å². The molecule has 5 heteroatoms. The molecule has 2 fully saturated rings. The number of rotatable bonds is 3. The van der Waals surface area contributed by atoms with Crippen molar-refractivity contribution in [1.82, 2.24) is 4.90 Å². The molecule has 1 aliphatic carbocycles. The van der Waals surface area contributed by atoms with Crippen molar-refractivity contribution in [3.05, 3.63) is 0 Å². The van der Waals surface area contributed by atoms with E-state index in [9.17, 15) is 14.7 Å². The van der Waals surface area contributed by atoms with E-state index in [4.69, 9.17) is 4.74 Å². The first-order chi connectivity index (χ1) is 8.94. The van der Waals surface area contributed by atoms with Crippen LogP contribution < -0.4 is 0 Å². The van der Waals surface area contributed by atoms with Gasteiger partial charge in [0.15, 0.2) is 0 Å². The van der Waals surface area contributed by atoms with Gasteiger partial charge in [-0.2, -0.15) is 0 Å². The maximum Gasteiger partial charge on any atom is 0.310 e. The van der Waals surface area contributed by atoms with Crippen LogP contribution in [0.25, 0.3) is 0 Å². The number of carbonyl (C=O) groups is 2. The molecule has 0 aromatic carbocycles. The molecule has 2 aliphatic rings. The summed E-state index contributed by atoms with van der Waals surface area (Å²) in [6, 6.07) is 0.0379. The minimum atomic E-state index is -0.821. The predicted octanol–water partition coefficient (Wildman–Crippen LogP) is 1.66. The highest BCUT2D eigenvalue weighted by atomic mass is 16.5. The van der Waals surface area contributed by atoms with Gasteiger partial charge in [-0.1, -0.05) is 12.8 Å². The smallest absolute Gasteiger partial charge is 0.310 e. The Morgan fingerprint density at radius 2 is 1.95 bits per heavy atom. The number of ether oxygens (including phenoxy) is 1. The molecule has 2 unspecified atom stereocenters. The number of hydrogen-bond acceptors (Lipinski definition) is 3. The first kappa shape index (κ1) is 14.3. The van der Waals surface area contributed by atoms with E-state index in [0.717, 1.165) is 12.8 Å². The molecule has 19 heavy (non-hydrogen) atoms.